The van der Waals surface area contributed by atoms with Gasteiger partial charge in [-0.05, 0) is 63.1 Å². The van der Waals surface area contributed by atoms with Crippen LogP contribution in [0.15, 0.2) is 23.2 Å². The molecule has 1 aliphatic rings. The van der Waals surface area contributed by atoms with Crippen molar-refractivity contribution in [1.82, 2.24) is 10.6 Å². The van der Waals surface area contributed by atoms with Crippen molar-refractivity contribution >= 4 is 5.96 Å². The molecule has 0 aromatic heterocycles. The SMILES string of the molecule is CCNC(=NCc1ccc(OCC)c(C)c1)NCCCOCC1CC1. The number of benzene rings is 1. The van der Waals surface area contributed by atoms with Gasteiger partial charge in [-0.15, -0.1) is 0 Å². The lowest BCUT2D eigenvalue weighted by atomic mass is 10.1. The predicted octanol–water partition coefficient (Wildman–Crippen LogP) is 3.27. The Balaban J connectivity index is 1.74. The first kappa shape index (κ1) is 19.6. The highest BCUT2D eigenvalue weighted by atomic mass is 16.5. The number of ether oxygens (including phenoxy) is 2. The van der Waals surface area contributed by atoms with Crippen LogP contribution in [0.2, 0.25) is 0 Å². The Morgan fingerprint density at radius 3 is 2.76 bits per heavy atom. The number of guanidine groups is 1. The summed E-state index contributed by atoms with van der Waals surface area (Å²) in [5.74, 6) is 2.65. The number of hydrogen-bond donors (Lipinski definition) is 2. The average Bonchev–Trinajstić information content (AvgIpc) is 3.42. The molecule has 5 heteroatoms. The summed E-state index contributed by atoms with van der Waals surface area (Å²) < 4.78 is 11.2. The molecule has 0 aliphatic heterocycles. The quantitative estimate of drug-likeness (QED) is 0.366. The van der Waals surface area contributed by atoms with E-state index in [-0.39, 0.29) is 0 Å². The van der Waals surface area contributed by atoms with E-state index in [0.717, 1.165) is 55.9 Å². The highest BCUT2D eigenvalue weighted by molar-refractivity contribution is 5.79. The summed E-state index contributed by atoms with van der Waals surface area (Å²) in [4.78, 5) is 4.67. The molecule has 5 nitrogen and oxygen atoms in total. The van der Waals surface area contributed by atoms with Gasteiger partial charge in [-0.1, -0.05) is 12.1 Å². The molecule has 25 heavy (non-hydrogen) atoms. The molecule has 0 radical (unpaired) electrons. The number of hydrogen-bond acceptors (Lipinski definition) is 3. The fourth-order valence-electron chi connectivity index (χ4n) is 2.55. The fraction of sp³-hybridized carbons (Fsp3) is 0.650. The van der Waals surface area contributed by atoms with Gasteiger partial charge >= 0.3 is 0 Å². The summed E-state index contributed by atoms with van der Waals surface area (Å²) in [5, 5.41) is 6.67. The van der Waals surface area contributed by atoms with Crippen LogP contribution in [0.5, 0.6) is 5.75 Å². The van der Waals surface area contributed by atoms with Crippen molar-refractivity contribution in [3.63, 3.8) is 0 Å². The molecule has 1 aromatic carbocycles. The fourth-order valence-corrected chi connectivity index (χ4v) is 2.55. The van der Waals surface area contributed by atoms with Crippen molar-refractivity contribution in [3.8, 4) is 5.75 Å². The second-order valence-electron chi connectivity index (χ2n) is 6.53. The highest BCUT2D eigenvalue weighted by Gasteiger charge is 2.20. The second-order valence-corrected chi connectivity index (χ2v) is 6.53. The molecule has 0 saturated heterocycles. The first-order valence-electron chi connectivity index (χ1n) is 9.55. The van der Waals surface area contributed by atoms with Crippen LogP contribution >= 0.6 is 0 Å². The van der Waals surface area contributed by atoms with Crippen LogP contribution in [0.4, 0.5) is 0 Å². The normalized spacial score (nSPS) is 14.4. The Morgan fingerprint density at radius 2 is 2.08 bits per heavy atom. The van der Waals surface area contributed by atoms with Crippen LogP contribution in [-0.2, 0) is 11.3 Å². The van der Waals surface area contributed by atoms with Gasteiger partial charge < -0.3 is 20.1 Å². The molecule has 0 heterocycles. The summed E-state index contributed by atoms with van der Waals surface area (Å²) in [6.45, 7) is 11.0. The van der Waals surface area contributed by atoms with Crippen LogP contribution in [0.3, 0.4) is 0 Å². The highest BCUT2D eigenvalue weighted by Crippen LogP contribution is 2.28. The van der Waals surface area contributed by atoms with E-state index in [1.165, 1.54) is 18.4 Å². The maximum atomic E-state index is 5.66. The van der Waals surface area contributed by atoms with Crippen molar-refractivity contribution < 1.29 is 9.47 Å². The summed E-state index contributed by atoms with van der Waals surface area (Å²) in [6, 6.07) is 6.25. The zero-order valence-electron chi connectivity index (χ0n) is 15.9. The number of nitrogens with zero attached hydrogens (tertiary/aromatic N) is 1. The zero-order valence-corrected chi connectivity index (χ0v) is 15.9. The lowest BCUT2D eigenvalue weighted by Gasteiger charge is -2.12. The van der Waals surface area contributed by atoms with Gasteiger partial charge in [-0.2, -0.15) is 0 Å². The van der Waals surface area contributed by atoms with E-state index in [1.807, 2.05) is 13.0 Å². The molecule has 1 aliphatic carbocycles. The first-order valence-corrected chi connectivity index (χ1v) is 9.55. The molecule has 0 unspecified atom stereocenters. The first-order chi connectivity index (χ1) is 12.2. The summed E-state index contributed by atoms with van der Waals surface area (Å²) in [7, 11) is 0. The van der Waals surface area contributed by atoms with Gasteiger partial charge in [0, 0.05) is 26.3 Å². The molecule has 0 spiro atoms. The molecule has 1 fully saturated rings. The van der Waals surface area contributed by atoms with Crippen molar-refractivity contribution in [2.75, 3.05) is 32.9 Å². The van der Waals surface area contributed by atoms with Crippen molar-refractivity contribution in [1.29, 1.82) is 0 Å². The topological polar surface area (TPSA) is 54.9 Å². The van der Waals surface area contributed by atoms with Crippen LogP contribution in [0, 0.1) is 12.8 Å². The Hall–Kier alpha value is -1.75. The van der Waals surface area contributed by atoms with E-state index < -0.39 is 0 Å². The van der Waals surface area contributed by atoms with Gasteiger partial charge in [0.25, 0.3) is 0 Å². The molecule has 1 saturated carbocycles. The van der Waals surface area contributed by atoms with Crippen LogP contribution in [0.25, 0.3) is 0 Å². The van der Waals surface area contributed by atoms with Crippen LogP contribution in [-0.4, -0.2) is 38.9 Å². The van der Waals surface area contributed by atoms with E-state index in [4.69, 9.17) is 9.47 Å². The third-order valence-electron chi connectivity index (χ3n) is 4.11. The molecule has 0 amide bonds. The minimum Gasteiger partial charge on any atom is -0.494 e. The number of rotatable bonds is 11. The molecule has 2 N–H and O–H groups in total. The lowest BCUT2D eigenvalue weighted by Crippen LogP contribution is -2.38. The minimum absolute atomic E-state index is 0.654. The number of aryl methyl sites for hydroxylation is 1. The Labute approximate surface area is 152 Å². The molecule has 140 valence electrons. The average molecular weight is 348 g/mol. The maximum Gasteiger partial charge on any atom is 0.191 e. The van der Waals surface area contributed by atoms with Crippen molar-refractivity contribution in [3.05, 3.63) is 29.3 Å². The van der Waals surface area contributed by atoms with E-state index in [9.17, 15) is 0 Å². The van der Waals surface area contributed by atoms with Crippen molar-refractivity contribution in [2.45, 2.75) is 46.6 Å². The largest absolute Gasteiger partial charge is 0.494 e. The monoisotopic (exact) mass is 347 g/mol. The van der Waals surface area contributed by atoms with Gasteiger partial charge in [0.05, 0.1) is 13.2 Å². The third-order valence-corrected chi connectivity index (χ3v) is 4.11. The standard InChI is InChI=1S/C20H33N3O2/c1-4-21-20(22-11-6-12-24-15-17-7-8-17)23-14-18-9-10-19(25-5-2)16(3)13-18/h9-10,13,17H,4-8,11-12,14-15H2,1-3H3,(H2,21,22,23). The molecule has 0 atom stereocenters. The van der Waals surface area contributed by atoms with Gasteiger partial charge in [0.1, 0.15) is 5.75 Å². The van der Waals surface area contributed by atoms with E-state index in [0.29, 0.717) is 13.2 Å². The van der Waals surface area contributed by atoms with E-state index in [2.05, 4.69) is 41.6 Å². The molecule has 0 bridgehead atoms. The van der Waals surface area contributed by atoms with Gasteiger partial charge in [0.15, 0.2) is 5.96 Å². The Morgan fingerprint density at radius 1 is 1.24 bits per heavy atom. The third kappa shape index (κ3) is 7.78. The van der Waals surface area contributed by atoms with Gasteiger partial charge in [0.2, 0.25) is 0 Å². The summed E-state index contributed by atoms with van der Waals surface area (Å²) >= 11 is 0. The van der Waals surface area contributed by atoms with Gasteiger partial charge in [-0.3, -0.25) is 0 Å². The summed E-state index contributed by atoms with van der Waals surface area (Å²) in [6.07, 6.45) is 3.69. The maximum absolute atomic E-state index is 5.66. The smallest absolute Gasteiger partial charge is 0.191 e. The predicted molar refractivity (Wildman–Crippen MR) is 103 cm³/mol. The second kappa shape index (κ2) is 11.0. The molecular weight excluding hydrogens is 314 g/mol. The van der Waals surface area contributed by atoms with Crippen LogP contribution in [0.1, 0.15) is 44.2 Å². The Bertz CT molecular complexity index is 542. The van der Waals surface area contributed by atoms with Crippen molar-refractivity contribution in [2.24, 2.45) is 10.9 Å². The lowest BCUT2D eigenvalue weighted by molar-refractivity contribution is 0.123. The minimum atomic E-state index is 0.654. The molecule has 2 rings (SSSR count). The van der Waals surface area contributed by atoms with Crippen LogP contribution < -0.4 is 15.4 Å². The van der Waals surface area contributed by atoms with E-state index in [1.54, 1.807) is 0 Å². The Kier molecular flexibility index (Phi) is 8.60. The number of aliphatic imine (C=N–C) groups is 1. The number of nitrogens with one attached hydrogen (secondary N) is 2. The van der Waals surface area contributed by atoms with E-state index >= 15 is 0 Å². The molecular formula is C20H33N3O2. The zero-order chi connectivity index (χ0) is 17.9. The van der Waals surface area contributed by atoms with Gasteiger partial charge in [-0.25, -0.2) is 4.99 Å². The summed E-state index contributed by atoms with van der Waals surface area (Å²) in [5.41, 5.74) is 2.34. The molecule has 1 aromatic rings.